The fourth-order valence-electron chi connectivity index (χ4n) is 7.01. The van der Waals surface area contributed by atoms with E-state index < -0.39 is 0 Å². The van der Waals surface area contributed by atoms with Crippen molar-refractivity contribution in [2.45, 2.75) is 71.0 Å². The number of nitrogens with zero attached hydrogens (tertiary/aromatic N) is 2. The van der Waals surface area contributed by atoms with E-state index in [1.807, 2.05) is 18.2 Å². The molecule has 0 spiro atoms. The number of fused-ring (bicyclic) bond motifs is 1. The molecule has 1 aromatic heterocycles. The van der Waals surface area contributed by atoms with Gasteiger partial charge < -0.3 is 15.2 Å². The predicted molar refractivity (Wildman–Crippen MR) is 111 cm³/mol. The molecule has 6 nitrogen and oxygen atoms in total. The van der Waals surface area contributed by atoms with Crippen LogP contribution in [-0.4, -0.2) is 26.9 Å². The van der Waals surface area contributed by atoms with Crippen molar-refractivity contribution in [1.82, 2.24) is 20.2 Å². The van der Waals surface area contributed by atoms with Gasteiger partial charge in [0, 0.05) is 19.0 Å². The molecule has 0 aliphatic heterocycles. The topological polar surface area (TPSA) is 76.0 Å². The van der Waals surface area contributed by atoms with Gasteiger partial charge in [-0.25, -0.2) is 4.98 Å². The summed E-state index contributed by atoms with van der Waals surface area (Å²) in [6, 6.07) is 8.11. The summed E-state index contributed by atoms with van der Waals surface area (Å²) >= 11 is 0. The number of hydrogen-bond donors (Lipinski definition) is 2. The Morgan fingerprint density at radius 2 is 1.90 bits per heavy atom. The lowest BCUT2D eigenvalue weighted by Gasteiger charge is -2.61. The monoisotopic (exact) mass is 394 g/mol. The Kier molecular flexibility index (Phi) is 4.23. The Morgan fingerprint density at radius 3 is 2.59 bits per heavy atom. The molecule has 4 saturated carbocycles. The summed E-state index contributed by atoms with van der Waals surface area (Å²) in [5, 5.41) is 6.47. The Hall–Kier alpha value is -2.37. The minimum Gasteiger partial charge on any atom is -0.351 e. The number of amides is 2. The van der Waals surface area contributed by atoms with Crippen molar-refractivity contribution in [2.75, 3.05) is 0 Å². The Balaban J connectivity index is 1.37. The molecule has 2 amide bonds. The Bertz CT molecular complexity index is 964. The molecule has 2 N–H and O–H groups in total. The number of para-hydroxylation sites is 2. The van der Waals surface area contributed by atoms with Gasteiger partial charge in [-0.15, -0.1) is 0 Å². The lowest BCUT2D eigenvalue weighted by atomic mass is 9.46. The number of hydrogen-bond acceptors (Lipinski definition) is 3. The second-order valence-electron chi connectivity index (χ2n) is 9.65. The molecule has 4 fully saturated rings. The SMILES string of the molecule is CCn1c(CNC(=O)C23C[C@H]4C[C@@H](CC(NC(C)=O)(C4)C2)C3)nc2ccccc21. The highest BCUT2D eigenvalue weighted by Gasteiger charge is 2.60. The van der Waals surface area contributed by atoms with Crippen molar-refractivity contribution in [3.05, 3.63) is 30.1 Å². The summed E-state index contributed by atoms with van der Waals surface area (Å²) < 4.78 is 2.17. The van der Waals surface area contributed by atoms with Gasteiger partial charge in [0.2, 0.25) is 11.8 Å². The van der Waals surface area contributed by atoms with Crippen LogP contribution < -0.4 is 10.6 Å². The summed E-state index contributed by atoms with van der Waals surface area (Å²) in [6.07, 6.45) is 5.97. The first-order valence-electron chi connectivity index (χ1n) is 10.9. The van der Waals surface area contributed by atoms with E-state index in [2.05, 4.69) is 28.2 Å². The zero-order valence-electron chi connectivity index (χ0n) is 17.3. The molecular formula is C23H30N4O2. The number of nitrogens with one attached hydrogen (secondary N) is 2. The van der Waals surface area contributed by atoms with E-state index in [0.29, 0.717) is 18.4 Å². The fourth-order valence-corrected chi connectivity index (χ4v) is 7.01. The molecule has 6 rings (SSSR count). The van der Waals surface area contributed by atoms with Crippen LogP contribution in [0.1, 0.15) is 58.2 Å². The first-order chi connectivity index (χ1) is 13.9. The van der Waals surface area contributed by atoms with E-state index in [-0.39, 0.29) is 22.8 Å². The molecule has 29 heavy (non-hydrogen) atoms. The third kappa shape index (κ3) is 3.04. The van der Waals surface area contributed by atoms with Gasteiger partial charge in [-0.05, 0) is 69.4 Å². The molecule has 0 radical (unpaired) electrons. The summed E-state index contributed by atoms with van der Waals surface area (Å²) in [7, 11) is 0. The third-order valence-corrected chi connectivity index (χ3v) is 7.44. The highest BCUT2D eigenvalue weighted by Crippen LogP contribution is 2.61. The van der Waals surface area contributed by atoms with Crippen LogP contribution in [-0.2, 0) is 22.7 Å². The quantitative estimate of drug-likeness (QED) is 0.818. The minimum atomic E-state index is -0.338. The molecule has 154 valence electrons. The van der Waals surface area contributed by atoms with E-state index in [1.165, 1.54) is 6.42 Å². The lowest BCUT2D eigenvalue weighted by molar-refractivity contribution is -0.153. The smallest absolute Gasteiger partial charge is 0.226 e. The van der Waals surface area contributed by atoms with Crippen molar-refractivity contribution in [2.24, 2.45) is 17.3 Å². The standard InChI is InChI=1S/C23H30N4O2/c1-3-27-19-7-5-4-6-18(19)25-20(27)13-24-21(29)22-9-16-8-17(10-22)12-23(11-16,14-22)26-15(2)28/h4-7,16-17H,3,8-14H2,1-2H3,(H,24,29)(H,26,28)/t16-,17-,22?,23?/m1/s1. The third-order valence-electron chi connectivity index (χ3n) is 7.44. The summed E-state index contributed by atoms with van der Waals surface area (Å²) in [4.78, 5) is 30.0. The van der Waals surface area contributed by atoms with Crippen LogP contribution in [0.25, 0.3) is 11.0 Å². The molecular weight excluding hydrogens is 364 g/mol. The number of aromatic nitrogens is 2. The maximum Gasteiger partial charge on any atom is 0.226 e. The summed E-state index contributed by atoms with van der Waals surface area (Å²) in [5.74, 6) is 2.18. The molecule has 2 aromatic rings. The normalized spacial score (nSPS) is 32.5. The molecule has 4 aliphatic rings. The van der Waals surface area contributed by atoms with E-state index in [1.54, 1.807) is 6.92 Å². The van der Waals surface area contributed by atoms with Crippen molar-refractivity contribution in [3.63, 3.8) is 0 Å². The van der Waals surface area contributed by atoms with Crippen LogP contribution in [0.5, 0.6) is 0 Å². The van der Waals surface area contributed by atoms with Gasteiger partial charge in [0.15, 0.2) is 0 Å². The Labute approximate surface area is 171 Å². The molecule has 6 heteroatoms. The highest BCUT2D eigenvalue weighted by atomic mass is 16.2. The van der Waals surface area contributed by atoms with Crippen LogP contribution in [0.2, 0.25) is 0 Å². The number of imidazole rings is 1. The average Bonchev–Trinajstić information content (AvgIpc) is 3.01. The molecule has 2 atom stereocenters. The molecule has 0 unspecified atom stereocenters. The number of carbonyl (C=O) groups is 2. The second kappa shape index (κ2) is 6.57. The largest absolute Gasteiger partial charge is 0.351 e. The summed E-state index contributed by atoms with van der Waals surface area (Å²) in [6.45, 7) is 4.98. The predicted octanol–water partition coefficient (Wildman–Crippen LogP) is 3.15. The maximum atomic E-state index is 13.5. The van der Waals surface area contributed by atoms with Gasteiger partial charge >= 0.3 is 0 Å². The van der Waals surface area contributed by atoms with Crippen LogP contribution >= 0.6 is 0 Å². The van der Waals surface area contributed by atoms with Crippen molar-refractivity contribution in [3.8, 4) is 0 Å². The van der Waals surface area contributed by atoms with Crippen molar-refractivity contribution < 1.29 is 9.59 Å². The van der Waals surface area contributed by atoms with Crippen LogP contribution in [0.3, 0.4) is 0 Å². The lowest BCUT2D eigenvalue weighted by Crippen LogP contribution is -2.65. The van der Waals surface area contributed by atoms with E-state index in [0.717, 1.165) is 55.5 Å². The van der Waals surface area contributed by atoms with Gasteiger partial charge in [0.25, 0.3) is 0 Å². The number of benzene rings is 1. The zero-order valence-corrected chi connectivity index (χ0v) is 17.3. The highest BCUT2D eigenvalue weighted by molar-refractivity contribution is 5.84. The molecule has 4 aliphatic carbocycles. The maximum absolute atomic E-state index is 13.5. The first-order valence-corrected chi connectivity index (χ1v) is 10.9. The van der Waals surface area contributed by atoms with Crippen molar-refractivity contribution in [1.29, 1.82) is 0 Å². The van der Waals surface area contributed by atoms with Gasteiger partial charge in [-0.3, -0.25) is 9.59 Å². The Morgan fingerprint density at radius 1 is 1.17 bits per heavy atom. The molecule has 1 aromatic carbocycles. The number of rotatable bonds is 5. The average molecular weight is 395 g/mol. The molecule has 1 heterocycles. The van der Waals surface area contributed by atoms with Crippen LogP contribution in [0, 0.1) is 17.3 Å². The van der Waals surface area contributed by atoms with Crippen LogP contribution in [0.4, 0.5) is 0 Å². The fraction of sp³-hybridized carbons (Fsp3) is 0.609. The van der Waals surface area contributed by atoms with Gasteiger partial charge in [0.05, 0.1) is 23.0 Å². The van der Waals surface area contributed by atoms with Crippen LogP contribution in [0.15, 0.2) is 24.3 Å². The zero-order chi connectivity index (χ0) is 20.2. The van der Waals surface area contributed by atoms with Gasteiger partial charge in [-0.1, -0.05) is 12.1 Å². The number of carbonyl (C=O) groups excluding carboxylic acids is 2. The first kappa shape index (κ1) is 18.6. The minimum absolute atomic E-state index is 0.0270. The van der Waals surface area contributed by atoms with E-state index in [9.17, 15) is 9.59 Å². The van der Waals surface area contributed by atoms with Gasteiger partial charge in [-0.2, -0.15) is 0 Å². The van der Waals surface area contributed by atoms with E-state index >= 15 is 0 Å². The number of aryl methyl sites for hydroxylation is 1. The van der Waals surface area contributed by atoms with E-state index in [4.69, 9.17) is 4.98 Å². The van der Waals surface area contributed by atoms with Gasteiger partial charge in [0.1, 0.15) is 5.82 Å². The summed E-state index contributed by atoms with van der Waals surface area (Å²) in [5.41, 5.74) is 1.57. The second-order valence-corrected chi connectivity index (χ2v) is 9.65. The molecule has 4 bridgehead atoms. The molecule has 0 saturated heterocycles. The van der Waals surface area contributed by atoms with Crippen molar-refractivity contribution >= 4 is 22.8 Å².